The third-order valence-electron chi connectivity index (χ3n) is 3.28. The van der Waals surface area contributed by atoms with Crippen LogP contribution in [0.4, 0.5) is 5.82 Å². The van der Waals surface area contributed by atoms with Gasteiger partial charge < -0.3 is 10.5 Å². The summed E-state index contributed by atoms with van der Waals surface area (Å²) in [6.45, 7) is 4.34. The van der Waals surface area contributed by atoms with Crippen LogP contribution in [0.25, 0.3) is 5.69 Å². The van der Waals surface area contributed by atoms with Crippen LogP contribution in [0.1, 0.15) is 5.69 Å². The first-order valence-electron chi connectivity index (χ1n) is 6.53. The van der Waals surface area contributed by atoms with Crippen LogP contribution < -0.4 is 5.73 Å². The molecule has 0 atom stereocenters. The zero-order valence-electron chi connectivity index (χ0n) is 10.8. The van der Waals surface area contributed by atoms with E-state index in [0.717, 1.165) is 44.2 Å². The number of ether oxygens (including phenoxy) is 1. The Balaban J connectivity index is 1.77. The molecule has 0 bridgehead atoms. The highest BCUT2D eigenvalue weighted by molar-refractivity contribution is 5.42. The van der Waals surface area contributed by atoms with Crippen LogP contribution in [0.3, 0.4) is 0 Å². The second-order valence-electron chi connectivity index (χ2n) is 4.70. The van der Waals surface area contributed by atoms with Gasteiger partial charge in [0.05, 0.1) is 24.6 Å². The molecule has 0 spiro atoms. The van der Waals surface area contributed by atoms with Crippen LogP contribution in [0.2, 0.25) is 0 Å². The summed E-state index contributed by atoms with van der Waals surface area (Å²) >= 11 is 0. The van der Waals surface area contributed by atoms with Gasteiger partial charge in [-0.2, -0.15) is 5.10 Å². The van der Waals surface area contributed by atoms with Crippen LogP contribution in [0.15, 0.2) is 36.4 Å². The average Bonchev–Trinajstić information content (AvgIpc) is 2.82. The number of rotatable bonds is 3. The van der Waals surface area contributed by atoms with Crippen LogP contribution >= 0.6 is 0 Å². The molecule has 1 aliphatic rings. The molecule has 2 heterocycles. The zero-order chi connectivity index (χ0) is 13.1. The molecule has 3 rings (SSSR count). The van der Waals surface area contributed by atoms with E-state index in [4.69, 9.17) is 10.5 Å². The third-order valence-corrected chi connectivity index (χ3v) is 3.28. The molecule has 0 saturated carbocycles. The Bertz CT molecular complexity index is 532. The van der Waals surface area contributed by atoms with Crippen LogP contribution in [0, 0.1) is 0 Å². The normalized spacial score (nSPS) is 16.6. The number of aromatic nitrogens is 2. The van der Waals surface area contributed by atoms with Gasteiger partial charge in [0.25, 0.3) is 0 Å². The molecule has 1 aromatic heterocycles. The minimum atomic E-state index is 0.675. The van der Waals surface area contributed by atoms with E-state index in [0.29, 0.717) is 5.82 Å². The number of nitrogens with zero attached hydrogens (tertiary/aromatic N) is 3. The molecule has 5 nitrogen and oxygen atoms in total. The first kappa shape index (κ1) is 12.2. The summed E-state index contributed by atoms with van der Waals surface area (Å²) in [7, 11) is 0. The highest BCUT2D eigenvalue weighted by Gasteiger charge is 2.14. The standard InChI is InChI=1S/C14H18N4O/c15-14-10-12(11-17-6-8-19-9-7-17)16-18(14)13-4-2-1-3-5-13/h1-5,10H,6-9,11,15H2. The van der Waals surface area contributed by atoms with E-state index in [2.05, 4.69) is 10.00 Å². The Morgan fingerprint density at radius 2 is 1.89 bits per heavy atom. The Morgan fingerprint density at radius 1 is 1.16 bits per heavy atom. The van der Waals surface area contributed by atoms with Crippen molar-refractivity contribution >= 4 is 5.82 Å². The molecule has 2 N–H and O–H groups in total. The maximum Gasteiger partial charge on any atom is 0.127 e. The van der Waals surface area contributed by atoms with Crippen molar-refractivity contribution in [3.8, 4) is 5.69 Å². The Labute approximate surface area is 112 Å². The maximum atomic E-state index is 6.04. The topological polar surface area (TPSA) is 56.3 Å². The molecule has 2 aromatic rings. The first-order chi connectivity index (χ1) is 9.33. The second kappa shape index (κ2) is 5.42. The van der Waals surface area contributed by atoms with Gasteiger partial charge in [-0.3, -0.25) is 4.90 Å². The van der Waals surface area contributed by atoms with Gasteiger partial charge in [0.2, 0.25) is 0 Å². The van der Waals surface area contributed by atoms with Crippen molar-refractivity contribution in [3.63, 3.8) is 0 Å². The summed E-state index contributed by atoms with van der Waals surface area (Å²) < 4.78 is 7.13. The average molecular weight is 258 g/mol. The molecule has 0 radical (unpaired) electrons. The Hall–Kier alpha value is -1.85. The number of para-hydroxylation sites is 1. The molecular formula is C14H18N4O. The minimum absolute atomic E-state index is 0.675. The van der Waals surface area contributed by atoms with Crippen molar-refractivity contribution in [1.82, 2.24) is 14.7 Å². The van der Waals surface area contributed by atoms with E-state index in [1.54, 1.807) is 4.68 Å². The highest BCUT2D eigenvalue weighted by atomic mass is 16.5. The summed E-state index contributed by atoms with van der Waals surface area (Å²) in [5, 5.41) is 4.58. The van der Waals surface area contributed by atoms with Gasteiger partial charge in [-0.1, -0.05) is 18.2 Å². The van der Waals surface area contributed by atoms with E-state index in [1.165, 1.54) is 0 Å². The molecule has 0 aliphatic carbocycles. The third kappa shape index (κ3) is 2.77. The fraction of sp³-hybridized carbons (Fsp3) is 0.357. The molecule has 1 aliphatic heterocycles. The van der Waals surface area contributed by atoms with Crippen LogP contribution in [-0.2, 0) is 11.3 Å². The fourth-order valence-electron chi connectivity index (χ4n) is 2.29. The number of hydrogen-bond donors (Lipinski definition) is 1. The Kier molecular flexibility index (Phi) is 3.48. The number of hydrogen-bond acceptors (Lipinski definition) is 4. The number of benzene rings is 1. The SMILES string of the molecule is Nc1cc(CN2CCOCC2)nn1-c1ccccc1. The maximum absolute atomic E-state index is 6.04. The predicted molar refractivity (Wildman–Crippen MR) is 74.1 cm³/mol. The van der Waals surface area contributed by atoms with Gasteiger partial charge in [-0.15, -0.1) is 0 Å². The molecule has 0 amide bonds. The molecule has 0 unspecified atom stereocenters. The lowest BCUT2D eigenvalue weighted by Crippen LogP contribution is -2.35. The fourth-order valence-corrected chi connectivity index (χ4v) is 2.29. The van der Waals surface area contributed by atoms with Gasteiger partial charge in [0.1, 0.15) is 5.82 Å². The number of nitrogen functional groups attached to an aromatic ring is 1. The zero-order valence-corrected chi connectivity index (χ0v) is 10.8. The lowest BCUT2D eigenvalue weighted by molar-refractivity contribution is 0.0336. The Morgan fingerprint density at radius 3 is 2.63 bits per heavy atom. The first-order valence-corrected chi connectivity index (χ1v) is 6.53. The number of morpholine rings is 1. The van der Waals surface area contributed by atoms with Crippen molar-refractivity contribution in [2.75, 3.05) is 32.0 Å². The molecule has 5 heteroatoms. The minimum Gasteiger partial charge on any atom is -0.384 e. The molecule has 1 fully saturated rings. The summed E-state index contributed by atoms with van der Waals surface area (Å²) in [5.74, 6) is 0.675. The molecule has 1 saturated heterocycles. The van der Waals surface area contributed by atoms with Gasteiger partial charge >= 0.3 is 0 Å². The van der Waals surface area contributed by atoms with E-state index in [1.807, 2.05) is 36.4 Å². The molecule has 1 aromatic carbocycles. The van der Waals surface area contributed by atoms with E-state index >= 15 is 0 Å². The van der Waals surface area contributed by atoms with Gasteiger partial charge in [-0.05, 0) is 12.1 Å². The largest absolute Gasteiger partial charge is 0.384 e. The highest BCUT2D eigenvalue weighted by Crippen LogP contribution is 2.15. The smallest absolute Gasteiger partial charge is 0.127 e. The van der Waals surface area contributed by atoms with Crippen molar-refractivity contribution in [3.05, 3.63) is 42.1 Å². The van der Waals surface area contributed by atoms with E-state index < -0.39 is 0 Å². The van der Waals surface area contributed by atoms with Crippen molar-refractivity contribution in [2.45, 2.75) is 6.54 Å². The summed E-state index contributed by atoms with van der Waals surface area (Å²) in [4.78, 5) is 2.33. The van der Waals surface area contributed by atoms with E-state index in [9.17, 15) is 0 Å². The number of nitrogens with two attached hydrogens (primary N) is 1. The second-order valence-corrected chi connectivity index (χ2v) is 4.70. The van der Waals surface area contributed by atoms with Crippen molar-refractivity contribution in [1.29, 1.82) is 0 Å². The van der Waals surface area contributed by atoms with Gasteiger partial charge in [0.15, 0.2) is 0 Å². The summed E-state index contributed by atoms with van der Waals surface area (Å²) in [6, 6.07) is 11.9. The number of anilines is 1. The lowest BCUT2D eigenvalue weighted by atomic mass is 10.3. The van der Waals surface area contributed by atoms with Crippen LogP contribution in [0.5, 0.6) is 0 Å². The summed E-state index contributed by atoms with van der Waals surface area (Å²) in [5.41, 5.74) is 8.03. The summed E-state index contributed by atoms with van der Waals surface area (Å²) in [6.07, 6.45) is 0. The van der Waals surface area contributed by atoms with E-state index in [-0.39, 0.29) is 0 Å². The molecular weight excluding hydrogens is 240 g/mol. The quantitative estimate of drug-likeness (QED) is 0.901. The monoisotopic (exact) mass is 258 g/mol. The van der Waals surface area contributed by atoms with Crippen molar-refractivity contribution < 1.29 is 4.74 Å². The van der Waals surface area contributed by atoms with Crippen molar-refractivity contribution in [2.24, 2.45) is 0 Å². The predicted octanol–water partition coefficient (Wildman–Crippen LogP) is 1.29. The lowest BCUT2D eigenvalue weighted by Gasteiger charge is -2.25. The molecule has 19 heavy (non-hydrogen) atoms. The van der Waals surface area contributed by atoms with Gasteiger partial charge in [-0.25, -0.2) is 4.68 Å². The van der Waals surface area contributed by atoms with Crippen LogP contribution in [-0.4, -0.2) is 41.0 Å². The van der Waals surface area contributed by atoms with Gasteiger partial charge in [0, 0.05) is 25.7 Å². The molecule has 100 valence electrons.